The number of anilines is 1. The quantitative estimate of drug-likeness (QED) is 0.774. The highest BCUT2D eigenvalue weighted by Crippen LogP contribution is 2.28. The Morgan fingerprint density at radius 1 is 1.38 bits per heavy atom. The largest absolute Gasteiger partial charge is 0.480 e. The minimum Gasteiger partial charge on any atom is -0.480 e. The van der Waals surface area contributed by atoms with E-state index in [1.165, 1.54) is 30.2 Å². The number of hydrogen-bond donors (Lipinski definition) is 1. The molecule has 1 aromatic carbocycles. The lowest BCUT2D eigenvalue weighted by Gasteiger charge is -2.24. The third kappa shape index (κ3) is 4.36. The van der Waals surface area contributed by atoms with E-state index in [-0.39, 0.29) is 18.8 Å². The molecular weight excluding hydrogens is 308 g/mol. The molecule has 118 valence electrons. The van der Waals surface area contributed by atoms with Gasteiger partial charge in [-0.05, 0) is 12.1 Å². The molecule has 9 heteroatoms. The molecule has 6 nitrogen and oxygen atoms in total. The molecule has 0 radical (unpaired) electrons. The van der Waals surface area contributed by atoms with Crippen molar-refractivity contribution in [3.05, 3.63) is 24.3 Å². The molecule has 1 rings (SSSR count). The van der Waals surface area contributed by atoms with Gasteiger partial charge in [0, 0.05) is 13.7 Å². The SMILES string of the molecule is COCCN(CC(=O)O)c1ccccc1S(=O)(=O)C(F)F. The molecule has 0 spiro atoms. The summed E-state index contributed by atoms with van der Waals surface area (Å²) in [5.74, 6) is -4.79. The minimum atomic E-state index is -4.82. The fourth-order valence-corrected chi connectivity index (χ4v) is 2.65. The van der Waals surface area contributed by atoms with Crippen molar-refractivity contribution >= 4 is 21.5 Å². The molecule has 0 amide bonds. The van der Waals surface area contributed by atoms with Crippen molar-refractivity contribution < 1.29 is 31.8 Å². The number of benzene rings is 1. The van der Waals surface area contributed by atoms with Crippen LogP contribution in [0.4, 0.5) is 14.5 Å². The van der Waals surface area contributed by atoms with Crippen molar-refractivity contribution in [3.63, 3.8) is 0 Å². The van der Waals surface area contributed by atoms with Gasteiger partial charge < -0.3 is 14.7 Å². The smallest absolute Gasteiger partial charge is 0.341 e. The van der Waals surface area contributed by atoms with Gasteiger partial charge in [0.2, 0.25) is 9.84 Å². The molecule has 0 atom stereocenters. The Hall–Kier alpha value is -1.74. The number of para-hydroxylation sites is 1. The van der Waals surface area contributed by atoms with Crippen molar-refractivity contribution in [2.75, 3.05) is 31.7 Å². The number of carboxylic acids is 1. The van der Waals surface area contributed by atoms with E-state index in [4.69, 9.17) is 9.84 Å². The molecule has 1 aromatic rings. The minimum absolute atomic E-state index is 0.0541. The number of hydrogen-bond acceptors (Lipinski definition) is 5. The van der Waals surface area contributed by atoms with Gasteiger partial charge in [0.05, 0.1) is 17.2 Å². The summed E-state index contributed by atoms with van der Waals surface area (Å²) >= 11 is 0. The Kier molecular flexibility index (Phi) is 6.03. The Balaban J connectivity index is 3.28. The summed E-state index contributed by atoms with van der Waals surface area (Å²) in [6, 6.07) is 5.06. The van der Waals surface area contributed by atoms with Gasteiger partial charge in [-0.2, -0.15) is 8.78 Å². The van der Waals surface area contributed by atoms with Gasteiger partial charge in [0.1, 0.15) is 6.54 Å². The van der Waals surface area contributed by atoms with Gasteiger partial charge in [0.25, 0.3) is 0 Å². The number of ether oxygens (including phenoxy) is 1. The molecule has 1 N–H and O–H groups in total. The molecule has 0 fully saturated rings. The van der Waals surface area contributed by atoms with Gasteiger partial charge in [-0.15, -0.1) is 0 Å². The van der Waals surface area contributed by atoms with E-state index in [0.717, 1.165) is 6.07 Å². The van der Waals surface area contributed by atoms with Crippen molar-refractivity contribution in [2.24, 2.45) is 0 Å². The number of carbonyl (C=O) groups is 1. The second kappa shape index (κ2) is 7.32. The third-order valence-electron chi connectivity index (χ3n) is 2.64. The zero-order valence-electron chi connectivity index (χ0n) is 11.2. The molecule has 0 saturated carbocycles. The Labute approximate surface area is 120 Å². The molecule has 0 aliphatic carbocycles. The maximum absolute atomic E-state index is 12.7. The average Bonchev–Trinajstić information content (AvgIpc) is 2.43. The number of sulfone groups is 1. The van der Waals surface area contributed by atoms with E-state index in [1.54, 1.807) is 0 Å². The number of carboxylic acid groups (broad SMARTS) is 1. The predicted molar refractivity (Wildman–Crippen MR) is 71.4 cm³/mol. The molecule has 0 saturated heterocycles. The standard InChI is InChI=1S/C12H15F2NO5S/c1-20-7-6-15(8-11(16)17)9-4-2-3-5-10(9)21(18,19)12(13)14/h2-5,12H,6-8H2,1H3,(H,16,17). The first kappa shape index (κ1) is 17.3. The van der Waals surface area contributed by atoms with Crippen LogP contribution < -0.4 is 4.90 Å². The number of rotatable bonds is 8. The summed E-state index contributed by atoms with van der Waals surface area (Å²) in [6.45, 7) is -0.353. The van der Waals surface area contributed by atoms with Crippen LogP contribution in [0.2, 0.25) is 0 Å². The van der Waals surface area contributed by atoms with Crippen molar-refractivity contribution in [3.8, 4) is 0 Å². The van der Waals surface area contributed by atoms with Crippen LogP contribution in [-0.2, 0) is 19.4 Å². The van der Waals surface area contributed by atoms with Crippen LogP contribution in [0.25, 0.3) is 0 Å². The Morgan fingerprint density at radius 2 is 2.00 bits per heavy atom. The summed E-state index contributed by atoms with van der Waals surface area (Å²) in [7, 11) is -3.43. The first-order valence-corrected chi connectivity index (χ1v) is 7.42. The molecule has 0 bridgehead atoms. The van der Waals surface area contributed by atoms with Crippen LogP contribution >= 0.6 is 0 Å². The molecule has 0 aliphatic heterocycles. The Morgan fingerprint density at radius 3 is 2.52 bits per heavy atom. The normalized spacial score (nSPS) is 11.6. The van der Waals surface area contributed by atoms with Crippen LogP contribution in [0, 0.1) is 0 Å². The molecule has 0 unspecified atom stereocenters. The zero-order chi connectivity index (χ0) is 16.0. The van der Waals surface area contributed by atoms with Gasteiger partial charge in [-0.25, -0.2) is 8.42 Å². The molecule has 0 heterocycles. The summed E-state index contributed by atoms with van der Waals surface area (Å²) < 4.78 is 53.6. The lowest BCUT2D eigenvalue weighted by Crippen LogP contribution is -2.34. The first-order chi connectivity index (χ1) is 9.80. The maximum Gasteiger partial charge on any atom is 0.341 e. The Bertz CT molecular complexity index is 591. The fraction of sp³-hybridized carbons (Fsp3) is 0.417. The van der Waals surface area contributed by atoms with Gasteiger partial charge in [-0.1, -0.05) is 12.1 Å². The average molecular weight is 323 g/mol. The lowest BCUT2D eigenvalue weighted by atomic mass is 10.3. The zero-order valence-corrected chi connectivity index (χ0v) is 12.0. The van der Waals surface area contributed by atoms with Crippen LogP contribution in [-0.4, -0.2) is 52.1 Å². The second-order valence-electron chi connectivity index (χ2n) is 4.08. The van der Waals surface area contributed by atoms with Crippen LogP contribution in [0.15, 0.2) is 29.2 Å². The molecule has 0 aliphatic rings. The highest BCUT2D eigenvalue weighted by molar-refractivity contribution is 7.91. The summed E-state index contributed by atoms with van der Waals surface area (Å²) in [5.41, 5.74) is -0.0859. The van der Waals surface area contributed by atoms with E-state index in [1.807, 2.05) is 0 Å². The third-order valence-corrected chi connectivity index (χ3v) is 4.07. The van der Waals surface area contributed by atoms with Crippen LogP contribution in [0.5, 0.6) is 0 Å². The molecule has 21 heavy (non-hydrogen) atoms. The molecule has 0 aromatic heterocycles. The van der Waals surface area contributed by atoms with E-state index in [2.05, 4.69) is 0 Å². The van der Waals surface area contributed by atoms with E-state index >= 15 is 0 Å². The first-order valence-electron chi connectivity index (χ1n) is 5.87. The fourth-order valence-electron chi connectivity index (χ4n) is 1.70. The van der Waals surface area contributed by atoms with Crippen LogP contribution in [0.3, 0.4) is 0 Å². The van der Waals surface area contributed by atoms with Crippen molar-refractivity contribution in [1.29, 1.82) is 0 Å². The summed E-state index contributed by atoms with van der Waals surface area (Å²) in [5, 5.41) is 8.87. The number of nitrogens with zero attached hydrogens (tertiary/aromatic N) is 1. The lowest BCUT2D eigenvalue weighted by molar-refractivity contribution is -0.135. The summed E-state index contributed by atoms with van der Waals surface area (Å²) in [6.07, 6.45) is 0. The number of aliphatic carboxylic acids is 1. The highest BCUT2D eigenvalue weighted by atomic mass is 32.2. The van der Waals surface area contributed by atoms with E-state index in [0.29, 0.717) is 0 Å². The van der Waals surface area contributed by atoms with Crippen LogP contribution in [0.1, 0.15) is 0 Å². The van der Waals surface area contributed by atoms with Crippen molar-refractivity contribution in [2.45, 2.75) is 10.7 Å². The molecular formula is C12H15F2NO5S. The van der Waals surface area contributed by atoms with E-state index in [9.17, 15) is 22.0 Å². The number of alkyl halides is 2. The van der Waals surface area contributed by atoms with Gasteiger partial charge in [-0.3, -0.25) is 4.79 Å². The monoisotopic (exact) mass is 323 g/mol. The van der Waals surface area contributed by atoms with Gasteiger partial charge >= 0.3 is 11.7 Å². The maximum atomic E-state index is 12.7. The number of halogens is 2. The highest BCUT2D eigenvalue weighted by Gasteiger charge is 2.30. The second-order valence-corrected chi connectivity index (χ2v) is 5.97. The van der Waals surface area contributed by atoms with Crippen molar-refractivity contribution in [1.82, 2.24) is 0 Å². The number of methoxy groups -OCH3 is 1. The van der Waals surface area contributed by atoms with Gasteiger partial charge in [0.15, 0.2) is 0 Å². The topological polar surface area (TPSA) is 83.9 Å². The summed E-state index contributed by atoms with van der Waals surface area (Å²) in [4.78, 5) is 11.4. The van der Waals surface area contributed by atoms with E-state index < -0.39 is 33.0 Å². The predicted octanol–water partition coefficient (Wildman–Crippen LogP) is 1.22.